The fraction of sp³-hybridized carbons (Fsp3) is 0.875. The van der Waals surface area contributed by atoms with Gasteiger partial charge >= 0.3 is 0 Å². The van der Waals surface area contributed by atoms with E-state index in [0.29, 0.717) is 0 Å². The molecule has 0 unspecified atom stereocenters. The number of hydrogen-bond donors (Lipinski definition) is 1. The summed E-state index contributed by atoms with van der Waals surface area (Å²) in [5, 5.41) is 3.61. The largest absolute Gasteiger partial charge is 0.305 e. The van der Waals surface area contributed by atoms with Crippen molar-refractivity contribution < 1.29 is 0 Å². The number of halogens is 1. The van der Waals surface area contributed by atoms with Crippen LogP contribution in [0.25, 0.3) is 0 Å². The van der Waals surface area contributed by atoms with Crippen molar-refractivity contribution >= 4 is 22.6 Å². The van der Waals surface area contributed by atoms with Gasteiger partial charge in [0.1, 0.15) is 0 Å². The summed E-state index contributed by atoms with van der Waals surface area (Å²) >= 11 is 2.43. The molecule has 0 spiro atoms. The monoisotopic (exact) mass is 361 g/mol. The summed E-state index contributed by atoms with van der Waals surface area (Å²) in [7, 11) is 0. The molecule has 0 aromatic heterocycles. The van der Waals surface area contributed by atoms with Crippen molar-refractivity contribution in [2.45, 2.75) is 64.3 Å². The van der Waals surface area contributed by atoms with Gasteiger partial charge < -0.3 is 5.32 Å². The summed E-state index contributed by atoms with van der Waals surface area (Å²) in [6.45, 7) is 2.16. The van der Waals surface area contributed by atoms with E-state index in [4.69, 9.17) is 0 Å². The average Bonchev–Trinajstić information content (AvgIpc) is 2.41. The van der Waals surface area contributed by atoms with E-state index in [0.717, 1.165) is 28.3 Å². The molecule has 2 heteroatoms. The first-order valence-electron chi connectivity index (χ1n) is 7.75. The Morgan fingerprint density at radius 1 is 0.944 bits per heavy atom. The van der Waals surface area contributed by atoms with Gasteiger partial charge in [-0.3, -0.25) is 0 Å². The molecule has 1 N–H and O–H groups in total. The van der Waals surface area contributed by atoms with Gasteiger partial charge in [-0.25, -0.2) is 0 Å². The molecule has 2 aliphatic rings. The van der Waals surface area contributed by atoms with E-state index in [9.17, 15) is 0 Å². The zero-order chi connectivity index (χ0) is 12.8. The minimum Gasteiger partial charge on any atom is -0.305 e. The lowest BCUT2D eigenvalue weighted by Crippen LogP contribution is -2.34. The van der Waals surface area contributed by atoms with Gasteiger partial charge in [0.05, 0.1) is 0 Å². The van der Waals surface area contributed by atoms with Crippen LogP contribution in [-0.4, -0.2) is 10.6 Å². The molecule has 0 radical (unpaired) electrons. The highest BCUT2D eigenvalue weighted by atomic mass is 127. The fourth-order valence-corrected chi connectivity index (χ4v) is 4.61. The molecular weight excluding hydrogens is 333 g/mol. The van der Waals surface area contributed by atoms with Gasteiger partial charge in [0.2, 0.25) is 0 Å². The van der Waals surface area contributed by atoms with Crippen molar-refractivity contribution in [3.63, 3.8) is 0 Å². The minimum absolute atomic E-state index is 0.817. The number of nitrogens with one attached hydrogen (secondary N) is 1. The van der Waals surface area contributed by atoms with Crippen molar-refractivity contribution in [1.82, 2.24) is 5.32 Å². The highest BCUT2D eigenvalue weighted by Crippen LogP contribution is 2.40. The van der Waals surface area contributed by atoms with Gasteiger partial charge in [0.15, 0.2) is 0 Å². The van der Waals surface area contributed by atoms with E-state index in [1.807, 2.05) is 0 Å². The molecule has 0 heterocycles. The quantitative estimate of drug-likeness (QED) is 0.325. The Morgan fingerprint density at radius 3 is 2.00 bits per heavy atom. The molecule has 0 saturated heterocycles. The van der Waals surface area contributed by atoms with Crippen molar-refractivity contribution in [3.05, 3.63) is 12.2 Å². The van der Waals surface area contributed by atoms with Crippen molar-refractivity contribution in [2.24, 2.45) is 17.8 Å². The summed E-state index contributed by atoms with van der Waals surface area (Å²) in [4.78, 5) is 0. The molecule has 2 saturated carbocycles. The lowest BCUT2D eigenvalue weighted by molar-refractivity contribution is 0.166. The smallest absolute Gasteiger partial charge is 0.0482 e. The number of hydrogen-bond acceptors (Lipinski definition) is 1. The molecule has 2 aliphatic carbocycles. The van der Waals surface area contributed by atoms with Crippen LogP contribution in [0.1, 0.15) is 58.3 Å². The highest BCUT2D eigenvalue weighted by molar-refractivity contribution is 14.1. The zero-order valence-corrected chi connectivity index (χ0v) is 13.9. The third kappa shape index (κ3) is 4.22. The van der Waals surface area contributed by atoms with Crippen LogP contribution in [0.3, 0.4) is 0 Å². The van der Waals surface area contributed by atoms with Crippen LogP contribution in [0.5, 0.6) is 0 Å². The van der Waals surface area contributed by atoms with Gasteiger partial charge in [-0.2, -0.15) is 0 Å². The van der Waals surface area contributed by atoms with Crippen molar-refractivity contribution in [1.29, 1.82) is 0 Å². The van der Waals surface area contributed by atoms with Crippen LogP contribution in [0.15, 0.2) is 12.2 Å². The minimum atomic E-state index is 0.817. The zero-order valence-electron chi connectivity index (χ0n) is 11.7. The predicted octanol–water partition coefficient (Wildman–Crippen LogP) is 4.91. The van der Waals surface area contributed by atoms with Crippen molar-refractivity contribution in [3.8, 4) is 0 Å². The highest BCUT2D eigenvalue weighted by Gasteiger charge is 2.29. The molecule has 0 bridgehead atoms. The Kier molecular flexibility index (Phi) is 6.50. The first-order chi connectivity index (χ1) is 8.83. The normalized spacial score (nSPS) is 38.1. The summed E-state index contributed by atoms with van der Waals surface area (Å²) in [6.07, 6.45) is 16.3. The van der Waals surface area contributed by atoms with E-state index in [1.165, 1.54) is 51.4 Å². The first-order valence-corrected chi connectivity index (χ1v) is 9.28. The van der Waals surface area contributed by atoms with Crippen LogP contribution >= 0.6 is 22.6 Å². The van der Waals surface area contributed by atoms with Gasteiger partial charge in [0, 0.05) is 10.6 Å². The molecular formula is C16H28IN. The molecule has 0 aromatic carbocycles. The molecule has 0 atom stereocenters. The standard InChI is InChI=1S/C16H28IN/c1-2-3-13-4-6-14(7-5-13)15-8-10-16(11-9-15)18-12-17/h2-3,13-16,18H,4-12H2,1H3/b3-2+. The second-order valence-electron chi connectivity index (χ2n) is 6.15. The summed E-state index contributed by atoms with van der Waals surface area (Å²) < 4.78 is 1.11. The molecule has 0 aliphatic heterocycles. The second-order valence-corrected chi connectivity index (χ2v) is 6.91. The molecule has 2 fully saturated rings. The molecule has 0 amide bonds. The average molecular weight is 361 g/mol. The SMILES string of the molecule is C/C=C/C1CCC(C2CCC(NCI)CC2)CC1. The van der Waals surface area contributed by atoms with Crippen LogP contribution < -0.4 is 5.32 Å². The Bertz CT molecular complexity index is 248. The molecule has 2 rings (SSSR count). The number of rotatable bonds is 4. The lowest BCUT2D eigenvalue weighted by Gasteiger charge is -2.37. The molecule has 1 nitrogen and oxygen atoms in total. The van der Waals surface area contributed by atoms with E-state index in [-0.39, 0.29) is 0 Å². The van der Waals surface area contributed by atoms with E-state index in [2.05, 4.69) is 47.0 Å². The molecule has 104 valence electrons. The Balaban J connectivity index is 1.71. The van der Waals surface area contributed by atoms with Gasteiger partial charge in [-0.15, -0.1) is 0 Å². The van der Waals surface area contributed by atoms with E-state index in [1.54, 1.807) is 0 Å². The van der Waals surface area contributed by atoms with Crippen LogP contribution in [0.2, 0.25) is 0 Å². The molecule has 18 heavy (non-hydrogen) atoms. The van der Waals surface area contributed by atoms with Crippen LogP contribution in [0, 0.1) is 17.8 Å². The summed E-state index contributed by atoms with van der Waals surface area (Å²) in [6, 6.07) is 0.817. The van der Waals surface area contributed by atoms with E-state index < -0.39 is 0 Å². The Morgan fingerprint density at radius 2 is 1.50 bits per heavy atom. The number of allylic oxidation sites excluding steroid dienone is 2. The fourth-order valence-electron chi connectivity index (χ4n) is 3.98. The molecule has 0 aromatic rings. The summed E-state index contributed by atoms with van der Waals surface area (Å²) in [5.74, 6) is 2.99. The first kappa shape index (κ1) is 14.8. The number of alkyl halides is 1. The van der Waals surface area contributed by atoms with Gasteiger partial charge in [-0.05, 0) is 76.0 Å². The van der Waals surface area contributed by atoms with Gasteiger partial charge in [0.25, 0.3) is 0 Å². The Labute approximate surface area is 126 Å². The van der Waals surface area contributed by atoms with Gasteiger partial charge in [-0.1, -0.05) is 34.7 Å². The maximum absolute atomic E-state index is 3.61. The van der Waals surface area contributed by atoms with Crippen molar-refractivity contribution in [2.75, 3.05) is 4.55 Å². The van der Waals surface area contributed by atoms with Crippen LogP contribution in [0.4, 0.5) is 0 Å². The summed E-state index contributed by atoms with van der Waals surface area (Å²) in [5.41, 5.74) is 0. The Hall–Kier alpha value is 0.430. The third-order valence-electron chi connectivity index (χ3n) is 5.09. The maximum Gasteiger partial charge on any atom is 0.0482 e. The lowest BCUT2D eigenvalue weighted by atomic mass is 9.70. The topological polar surface area (TPSA) is 12.0 Å². The van der Waals surface area contributed by atoms with Crippen LogP contribution in [-0.2, 0) is 0 Å². The maximum atomic E-state index is 3.61. The second kappa shape index (κ2) is 7.88. The van der Waals surface area contributed by atoms with E-state index >= 15 is 0 Å². The predicted molar refractivity (Wildman–Crippen MR) is 88.0 cm³/mol. The third-order valence-corrected chi connectivity index (χ3v) is 5.53.